The number of aromatic amines is 1. The maximum absolute atomic E-state index is 3.68. The van der Waals surface area contributed by atoms with Gasteiger partial charge in [-0.3, -0.25) is 0 Å². The Morgan fingerprint density at radius 3 is 2.94 bits per heavy atom. The van der Waals surface area contributed by atoms with Gasteiger partial charge < -0.3 is 4.98 Å². The zero-order chi connectivity index (χ0) is 11.7. The summed E-state index contributed by atoms with van der Waals surface area (Å²) in [4.78, 5) is 3.68. The van der Waals surface area contributed by atoms with Gasteiger partial charge in [-0.1, -0.05) is 38.0 Å². The van der Waals surface area contributed by atoms with Crippen molar-refractivity contribution in [2.24, 2.45) is 0 Å². The molecule has 1 heteroatoms. The van der Waals surface area contributed by atoms with Gasteiger partial charge in [0, 0.05) is 16.6 Å². The largest absolute Gasteiger partial charge is 0.358 e. The Labute approximate surface area is 103 Å². The normalized spacial score (nSPS) is 20.9. The SMILES string of the molecule is CCC1CCCCCc2c1[nH]c1ccccc21. The number of hydrogen-bond donors (Lipinski definition) is 1. The summed E-state index contributed by atoms with van der Waals surface area (Å²) in [7, 11) is 0. The number of H-pyrrole nitrogens is 1. The van der Waals surface area contributed by atoms with Crippen LogP contribution in [-0.2, 0) is 6.42 Å². The molecule has 1 unspecified atom stereocenters. The van der Waals surface area contributed by atoms with Crippen molar-refractivity contribution in [3.63, 3.8) is 0 Å². The first-order valence-electron chi connectivity index (χ1n) is 6.99. The van der Waals surface area contributed by atoms with Gasteiger partial charge >= 0.3 is 0 Å². The number of aryl methyl sites for hydroxylation is 1. The van der Waals surface area contributed by atoms with Crippen LogP contribution in [0.4, 0.5) is 0 Å². The molecule has 1 aromatic heterocycles. The van der Waals surface area contributed by atoms with Crippen LogP contribution in [0.2, 0.25) is 0 Å². The van der Waals surface area contributed by atoms with Crippen molar-refractivity contribution in [2.45, 2.75) is 51.4 Å². The molecule has 17 heavy (non-hydrogen) atoms. The fourth-order valence-electron chi connectivity index (χ4n) is 3.26. The molecule has 0 radical (unpaired) electrons. The molecule has 0 amide bonds. The average molecular weight is 227 g/mol. The predicted octanol–water partition coefficient (Wildman–Crippen LogP) is 4.78. The van der Waals surface area contributed by atoms with E-state index in [9.17, 15) is 0 Å². The third kappa shape index (κ3) is 1.88. The minimum Gasteiger partial charge on any atom is -0.358 e. The predicted molar refractivity (Wildman–Crippen MR) is 73.5 cm³/mol. The molecule has 0 saturated heterocycles. The number of aromatic nitrogens is 1. The summed E-state index contributed by atoms with van der Waals surface area (Å²) < 4.78 is 0. The lowest BCUT2D eigenvalue weighted by Crippen LogP contribution is -2.05. The molecule has 0 spiro atoms. The summed E-state index contributed by atoms with van der Waals surface area (Å²) in [5, 5.41) is 1.46. The van der Waals surface area contributed by atoms with Gasteiger partial charge in [-0.15, -0.1) is 0 Å². The lowest BCUT2D eigenvalue weighted by atomic mass is 9.87. The smallest absolute Gasteiger partial charge is 0.0459 e. The first kappa shape index (κ1) is 10.9. The van der Waals surface area contributed by atoms with Crippen LogP contribution in [0.25, 0.3) is 10.9 Å². The maximum atomic E-state index is 3.68. The Balaban J connectivity index is 2.16. The van der Waals surface area contributed by atoms with Crippen LogP contribution in [0.5, 0.6) is 0 Å². The Hall–Kier alpha value is -1.24. The summed E-state index contributed by atoms with van der Waals surface area (Å²) in [5.41, 5.74) is 4.47. The monoisotopic (exact) mass is 227 g/mol. The molecule has 0 bridgehead atoms. The zero-order valence-corrected chi connectivity index (χ0v) is 10.6. The van der Waals surface area contributed by atoms with E-state index >= 15 is 0 Å². The first-order chi connectivity index (χ1) is 8.40. The molecule has 0 fully saturated rings. The van der Waals surface area contributed by atoms with Crippen molar-refractivity contribution in [3.8, 4) is 0 Å². The van der Waals surface area contributed by atoms with E-state index < -0.39 is 0 Å². The lowest BCUT2D eigenvalue weighted by Gasteiger charge is -2.19. The van der Waals surface area contributed by atoms with Crippen LogP contribution in [0, 0.1) is 0 Å². The Kier molecular flexibility index (Phi) is 2.92. The lowest BCUT2D eigenvalue weighted by molar-refractivity contribution is 0.517. The van der Waals surface area contributed by atoms with Crippen LogP contribution < -0.4 is 0 Å². The molecule has 90 valence electrons. The molecule has 1 N–H and O–H groups in total. The molecule has 1 atom stereocenters. The fourth-order valence-corrected chi connectivity index (χ4v) is 3.26. The quantitative estimate of drug-likeness (QED) is 0.721. The topological polar surface area (TPSA) is 15.8 Å². The van der Waals surface area contributed by atoms with Gasteiger partial charge in [0.15, 0.2) is 0 Å². The van der Waals surface area contributed by atoms with Crippen LogP contribution in [0.3, 0.4) is 0 Å². The van der Waals surface area contributed by atoms with E-state index in [2.05, 4.69) is 36.2 Å². The molecule has 2 aromatic rings. The highest BCUT2D eigenvalue weighted by Crippen LogP contribution is 2.35. The minimum atomic E-state index is 0.748. The van der Waals surface area contributed by atoms with Gasteiger partial charge in [-0.2, -0.15) is 0 Å². The Morgan fingerprint density at radius 1 is 1.18 bits per heavy atom. The number of hydrogen-bond acceptors (Lipinski definition) is 0. The van der Waals surface area contributed by atoms with E-state index in [0.29, 0.717) is 0 Å². The zero-order valence-electron chi connectivity index (χ0n) is 10.6. The van der Waals surface area contributed by atoms with E-state index in [1.54, 1.807) is 5.56 Å². The number of benzene rings is 1. The van der Waals surface area contributed by atoms with Gasteiger partial charge in [-0.25, -0.2) is 0 Å². The third-order valence-corrected chi connectivity index (χ3v) is 4.23. The fraction of sp³-hybridized carbons (Fsp3) is 0.500. The molecular weight excluding hydrogens is 206 g/mol. The van der Waals surface area contributed by atoms with Crippen LogP contribution in [0.15, 0.2) is 24.3 Å². The molecule has 0 saturated carbocycles. The van der Waals surface area contributed by atoms with Gasteiger partial charge in [0.1, 0.15) is 0 Å². The van der Waals surface area contributed by atoms with Crippen molar-refractivity contribution in [1.82, 2.24) is 4.98 Å². The van der Waals surface area contributed by atoms with Crippen LogP contribution in [0.1, 0.15) is 56.2 Å². The summed E-state index contributed by atoms with van der Waals surface area (Å²) in [6.07, 6.45) is 8.03. The highest BCUT2D eigenvalue weighted by atomic mass is 14.7. The van der Waals surface area contributed by atoms with Gasteiger partial charge in [0.05, 0.1) is 0 Å². The van der Waals surface area contributed by atoms with Crippen molar-refractivity contribution >= 4 is 10.9 Å². The number of fused-ring (bicyclic) bond motifs is 3. The van der Waals surface area contributed by atoms with Crippen molar-refractivity contribution in [3.05, 3.63) is 35.5 Å². The van der Waals surface area contributed by atoms with Gasteiger partial charge in [-0.05, 0) is 43.2 Å². The van der Waals surface area contributed by atoms with Crippen LogP contribution >= 0.6 is 0 Å². The van der Waals surface area contributed by atoms with E-state index in [0.717, 1.165) is 5.92 Å². The summed E-state index contributed by atoms with van der Waals surface area (Å²) in [6.45, 7) is 2.32. The molecular formula is C16H21N. The van der Waals surface area contributed by atoms with Crippen molar-refractivity contribution < 1.29 is 0 Å². The summed E-state index contributed by atoms with van der Waals surface area (Å²) >= 11 is 0. The Morgan fingerprint density at radius 2 is 2.06 bits per heavy atom. The second-order valence-corrected chi connectivity index (χ2v) is 5.27. The highest BCUT2D eigenvalue weighted by molar-refractivity contribution is 5.84. The Bertz CT molecular complexity index is 509. The van der Waals surface area contributed by atoms with Crippen molar-refractivity contribution in [2.75, 3.05) is 0 Å². The minimum absolute atomic E-state index is 0.748. The van der Waals surface area contributed by atoms with Gasteiger partial charge in [0.2, 0.25) is 0 Å². The average Bonchev–Trinajstić information content (AvgIpc) is 2.68. The summed E-state index contributed by atoms with van der Waals surface area (Å²) in [6, 6.07) is 8.79. The van der Waals surface area contributed by atoms with E-state index in [1.165, 1.54) is 55.1 Å². The second-order valence-electron chi connectivity index (χ2n) is 5.27. The van der Waals surface area contributed by atoms with E-state index in [4.69, 9.17) is 0 Å². The van der Waals surface area contributed by atoms with Crippen molar-refractivity contribution in [1.29, 1.82) is 0 Å². The van der Waals surface area contributed by atoms with Crippen LogP contribution in [-0.4, -0.2) is 4.98 Å². The maximum Gasteiger partial charge on any atom is 0.0459 e. The molecule has 1 aliphatic rings. The standard InChI is InChI=1S/C16H21N/c1-2-12-8-4-3-5-10-14-13-9-6-7-11-15(13)17-16(12)14/h6-7,9,11-12,17H,2-5,8,10H2,1H3. The van der Waals surface area contributed by atoms with E-state index in [-0.39, 0.29) is 0 Å². The molecule has 1 aromatic carbocycles. The first-order valence-corrected chi connectivity index (χ1v) is 6.99. The molecule has 1 nitrogen and oxygen atoms in total. The highest BCUT2D eigenvalue weighted by Gasteiger charge is 2.19. The molecule has 1 heterocycles. The number of nitrogens with one attached hydrogen (secondary N) is 1. The number of rotatable bonds is 1. The van der Waals surface area contributed by atoms with E-state index in [1.807, 2.05) is 0 Å². The third-order valence-electron chi connectivity index (χ3n) is 4.23. The van der Waals surface area contributed by atoms with Gasteiger partial charge in [0.25, 0.3) is 0 Å². The molecule has 0 aliphatic heterocycles. The number of para-hydroxylation sites is 1. The molecule has 1 aliphatic carbocycles. The molecule has 3 rings (SSSR count). The second kappa shape index (κ2) is 4.56. The summed E-state index contributed by atoms with van der Waals surface area (Å²) in [5.74, 6) is 0.748.